The second kappa shape index (κ2) is 7.86. The van der Waals surface area contributed by atoms with Crippen LogP contribution in [0, 0.1) is 5.92 Å². The SMILES string of the molecule is C[C@H](N)C(C)(C)NS(=O)(=O)N1C[C@H](CCCB(O)O)[C@](N)(C(=O)O)C1. The van der Waals surface area contributed by atoms with Gasteiger partial charge in [0.1, 0.15) is 5.54 Å². The fourth-order valence-corrected chi connectivity index (χ4v) is 4.44. The third-order valence-electron chi connectivity index (χ3n) is 4.87. The Bertz CT molecular complexity index is 585. The van der Waals surface area contributed by atoms with Crippen LogP contribution in [0.25, 0.3) is 0 Å². The summed E-state index contributed by atoms with van der Waals surface area (Å²) in [7, 11) is -5.47. The number of nitrogens with two attached hydrogens (primary N) is 2. The third kappa shape index (κ3) is 5.36. The lowest BCUT2D eigenvalue weighted by molar-refractivity contribution is -0.144. The van der Waals surface area contributed by atoms with E-state index in [9.17, 15) is 18.3 Å². The van der Waals surface area contributed by atoms with Crippen molar-refractivity contribution in [3.63, 3.8) is 0 Å². The van der Waals surface area contributed by atoms with E-state index < -0.39 is 46.3 Å². The van der Waals surface area contributed by atoms with Crippen molar-refractivity contribution >= 4 is 23.3 Å². The zero-order valence-electron chi connectivity index (χ0n) is 14.8. The van der Waals surface area contributed by atoms with E-state index in [1.807, 2.05) is 0 Å². The fraction of sp³-hybridized carbons (Fsp3) is 0.923. The fourth-order valence-electron chi connectivity index (χ4n) is 2.71. The molecule has 0 saturated carbocycles. The quantitative estimate of drug-likeness (QED) is 0.246. The van der Waals surface area contributed by atoms with Crippen molar-refractivity contribution in [1.29, 1.82) is 0 Å². The van der Waals surface area contributed by atoms with Gasteiger partial charge >= 0.3 is 13.1 Å². The van der Waals surface area contributed by atoms with Crippen LogP contribution in [-0.4, -0.2) is 71.2 Å². The Labute approximate surface area is 148 Å². The van der Waals surface area contributed by atoms with Gasteiger partial charge in [-0.05, 0) is 33.5 Å². The van der Waals surface area contributed by atoms with Crippen molar-refractivity contribution in [2.45, 2.75) is 57.1 Å². The standard InChI is InChI=1S/C13H29BN4O6S/c1-9(15)12(2,3)17-25(23,24)18-7-10(5-4-6-14(21)22)13(16,8-18)11(19)20/h9-10,17,21-22H,4-8,15-16H2,1-3H3,(H,19,20)/t9-,10-,13-/m0/s1. The molecule has 1 aliphatic rings. The topological polar surface area (TPSA) is 179 Å². The van der Waals surface area contributed by atoms with E-state index in [1.54, 1.807) is 20.8 Å². The maximum Gasteiger partial charge on any atom is 0.451 e. The second-order valence-corrected chi connectivity index (χ2v) is 9.03. The molecule has 8 N–H and O–H groups in total. The average Bonchev–Trinajstić information content (AvgIpc) is 2.77. The number of carboxylic acids is 1. The van der Waals surface area contributed by atoms with Crippen LogP contribution in [0.15, 0.2) is 0 Å². The highest BCUT2D eigenvalue weighted by molar-refractivity contribution is 7.87. The molecule has 3 atom stereocenters. The Morgan fingerprint density at radius 1 is 1.48 bits per heavy atom. The number of nitrogens with zero attached hydrogens (tertiary/aromatic N) is 1. The maximum atomic E-state index is 12.6. The van der Waals surface area contributed by atoms with Crippen LogP contribution < -0.4 is 16.2 Å². The summed E-state index contributed by atoms with van der Waals surface area (Å²) in [5, 5.41) is 27.3. The van der Waals surface area contributed by atoms with Gasteiger partial charge < -0.3 is 26.6 Å². The molecule has 1 saturated heterocycles. The molecule has 0 bridgehead atoms. The maximum absolute atomic E-state index is 12.6. The number of carboxylic acid groups (broad SMARTS) is 1. The minimum absolute atomic E-state index is 0.0608. The number of hydrogen-bond donors (Lipinski definition) is 6. The third-order valence-corrected chi connectivity index (χ3v) is 6.62. The molecule has 0 aliphatic carbocycles. The predicted molar refractivity (Wildman–Crippen MR) is 93.6 cm³/mol. The molecule has 0 aromatic rings. The number of aliphatic carboxylic acids is 1. The van der Waals surface area contributed by atoms with Gasteiger partial charge in [-0.25, -0.2) is 0 Å². The van der Waals surface area contributed by atoms with Gasteiger partial charge in [0.15, 0.2) is 0 Å². The number of nitrogens with one attached hydrogen (secondary N) is 1. The molecule has 0 radical (unpaired) electrons. The minimum atomic E-state index is -3.98. The molecule has 1 rings (SSSR count). The molecule has 0 spiro atoms. The highest BCUT2D eigenvalue weighted by Gasteiger charge is 2.52. The van der Waals surface area contributed by atoms with Gasteiger partial charge in [-0.15, -0.1) is 0 Å². The molecule has 146 valence electrons. The lowest BCUT2D eigenvalue weighted by atomic mass is 9.78. The predicted octanol–water partition coefficient (Wildman–Crippen LogP) is -2.09. The molecule has 10 nitrogen and oxygen atoms in total. The van der Waals surface area contributed by atoms with Crippen molar-refractivity contribution in [2.75, 3.05) is 13.1 Å². The lowest BCUT2D eigenvalue weighted by Crippen LogP contribution is -2.59. The van der Waals surface area contributed by atoms with Gasteiger partial charge in [-0.1, -0.05) is 6.42 Å². The smallest absolute Gasteiger partial charge is 0.451 e. The summed E-state index contributed by atoms with van der Waals surface area (Å²) in [6.07, 6.45) is 0.652. The molecule has 1 heterocycles. The Kier molecular flexibility index (Phi) is 7.01. The van der Waals surface area contributed by atoms with E-state index >= 15 is 0 Å². The van der Waals surface area contributed by atoms with Crippen LogP contribution in [0.2, 0.25) is 6.32 Å². The van der Waals surface area contributed by atoms with Gasteiger partial charge in [-0.3, -0.25) is 4.79 Å². The minimum Gasteiger partial charge on any atom is -0.480 e. The molecule has 1 fully saturated rings. The Morgan fingerprint density at radius 2 is 2.04 bits per heavy atom. The van der Waals surface area contributed by atoms with E-state index in [-0.39, 0.29) is 25.8 Å². The molecule has 12 heteroatoms. The van der Waals surface area contributed by atoms with E-state index in [0.29, 0.717) is 6.42 Å². The molecular formula is C13H29BN4O6S. The van der Waals surface area contributed by atoms with Crippen LogP contribution in [0.5, 0.6) is 0 Å². The van der Waals surface area contributed by atoms with Gasteiger partial charge in [0, 0.05) is 30.6 Å². The van der Waals surface area contributed by atoms with Crippen LogP contribution >= 0.6 is 0 Å². The summed E-state index contributed by atoms with van der Waals surface area (Å²) >= 11 is 0. The summed E-state index contributed by atoms with van der Waals surface area (Å²) < 4.78 is 28.8. The molecule has 0 aromatic heterocycles. The number of rotatable bonds is 9. The largest absolute Gasteiger partial charge is 0.480 e. The summed E-state index contributed by atoms with van der Waals surface area (Å²) in [6, 6.07) is -0.464. The van der Waals surface area contributed by atoms with Gasteiger partial charge in [0.25, 0.3) is 10.2 Å². The molecular weight excluding hydrogens is 351 g/mol. The first-order valence-corrected chi connectivity index (χ1v) is 9.59. The number of carbonyl (C=O) groups is 1. The molecule has 25 heavy (non-hydrogen) atoms. The summed E-state index contributed by atoms with van der Waals surface area (Å²) in [6.45, 7) is 4.52. The zero-order valence-corrected chi connectivity index (χ0v) is 15.7. The second-order valence-electron chi connectivity index (χ2n) is 7.36. The summed E-state index contributed by atoms with van der Waals surface area (Å²) in [4.78, 5) is 11.6. The highest BCUT2D eigenvalue weighted by atomic mass is 32.2. The highest BCUT2D eigenvalue weighted by Crippen LogP contribution is 2.32. The van der Waals surface area contributed by atoms with Crippen molar-refractivity contribution in [3.8, 4) is 0 Å². The molecule has 0 unspecified atom stereocenters. The Hall–Kier alpha value is -0.755. The zero-order chi connectivity index (χ0) is 19.6. The summed E-state index contributed by atoms with van der Waals surface area (Å²) in [5.74, 6) is -1.93. The van der Waals surface area contributed by atoms with Crippen molar-refractivity contribution in [1.82, 2.24) is 9.03 Å². The van der Waals surface area contributed by atoms with Crippen LogP contribution in [0.1, 0.15) is 33.6 Å². The molecule has 0 amide bonds. The number of hydrogen-bond acceptors (Lipinski definition) is 7. The van der Waals surface area contributed by atoms with Gasteiger partial charge in [0.05, 0.1) is 0 Å². The first kappa shape index (κ1) is 22.3. The van der Waals surface area contributed by atoms with Crippen molar-refractivity contribution in [2.24, 2.45) is 17.4 Å². The van der Waals surface area contributed by atoms with E-state index in [1.165, 1.54) is 0 Å². The normalized spacial score (nSPS) is 26.6. The summed E-state index contributed by atoms with van der Waals surface area (Å²) in [5.41, 5.74) is 9.13. The van der Waals surface area contributed by atoms with E-state index in [4.69, 9.17) is 21.5 Å². The van der Waals surface area contributed by atoms with E-state index in [0.717, 1.165) is 4.31 Å². The van der Waals surface area contributed by atoms with Gasteiger partial charge in [-0.2, -0.15) is 17.4 Å². The molecule has 0 aromatic carbocycles. The average molecular weight is 380 g/mol. The monoisotopic (exact) mass is 380 g/mol. The Morgan fingerprint density at radius 3 is 2.48 bits per heavy atom. The van der Waals surface area contributed by atoms with Crippen molar-refractivity contribution in [3.05, 3.63) is 0 Å². The molecule has 1 aliphatic heterocycles. The van der Waals surface area contributed by atoms with Gasteiger partial charge in [0.2, 0.25) is 0 Å². The Balaban J connectivity index is 2.94. The van der Waals surface area contributed by atoms with E-state index in [2.05, 4.69) is 4.72 Å². The lowest BCUT2D eigenvalue weighted by Gasteiger charge is -2.32. The van der Waals surface area contributed by atoms with Crippen LogP contribution in [0.3, 0.4) is 0 Å². The first-order valence-electron chi connectivity index (χ1n) is 8.15. The van der Waals surface area contributed by atoms with Crippen LogP contribution in [-0.2, 0) is 15.0 Å². The van der Waals surface area contributed by atoms with Crippen molar-refractivity contribution < 1.29 is 28.4 Å². The van der Waals surface area contributed by atoms with Crippen LogP contribution in [0.4, 0.5) is 0 Å². The first-order chi connectivity index (χ1) is 11.2.